The van der Waals surface area contributed by atoms with Gasteiger partial charge in [0.15, 0.2) is 0 Å². The molecule has 2 atom stereocenters. The Bertz CT molecular complexity index is 533. The van der Waals surface area contributed by atoms with Gasteiger partial charge in [0, 0.05) is 12.6 Å². The van der Waals surface area contributed by atoms with E-state index in [2.05, 4.69) is 34.8 Å². The zero-order valence-corrected chi connectivity index (χ0v) is 11.9. The van der Waals surface area contributed by atoms with Gasteiger partial charge in [-0.2, -0.15) is 0 Å². The lowest BCUT2D eigenvalue weighted by atomic mass is 10.1. The summed E-state index contributed by atoms with van der Waals surface area (Å²) in [5.74, 6) is 1.06. The van der Waals surface area contributed by atoms with E-state index in [4.69, 9.17) is 0 Å². The lowest BCUT2D eigenvalue weighted by molar-refractivity contribution is 0.170. The summed E-state index contributed by atoms with van der Waals surface area (Å²) in [4.78, 5) is 4.67. The molecule has 1 aromatic heterocycles. The molecule has 1 aromatic carbocycles. The summed E-state index contributed by atoms with van der Waals surface area (Å²) in [6.45, 7) is 7.70. The molecule has 0 radical (unpaired) electrons. The van der Waals surface area contributed by atoms with E-state index in [1.807, 2.05) is 25.1 Å². The molecule has 0 aliphatic heterocycles. The summed E-state index contributed by atoms with van der Waals surface area (Å²) in [6.07, 6.45) is 0.485. The molecule has 0 saturated heterocycles. The average Bonchev–Trinajstić information content (AvgIpc) is 2.73. The van der Waals surface area contributed by atoms with E-state index in [-0.39, 0.29) is 12.1 Å². The van der Waals surface area contributed by atoms with Gasteiger partial charge >= 0.3 is 0 Å². The smallest absolute Gasteiger partial charge is 0.123 e. The summed E-state index contributed by atoms with van der Waals surface area (Å²) < 4.78 is 2.23. The Morgan fingerprint density at radius 3 is 2.74 bits per heavy atom. The van der Waals surface area contributed by atoms with Crippen LogP contribution in [-0.2, 0) is 13.1 Å². The van der Waals surface area contributed by atoms with Gasteiger partial charge in [-0.25, -0.2) is 4.98 Å². The van der Waals surface area contributed by atoms with Crippen LogP contribution in [0.25, 0.3) is 11.0 Å². The topological polar surface area (TPSA) is 50.1 Å². The molecule has 0 saturated carbocycles. The van der Waals surface area contributed by atoms with Gasteiger partial charge in [-0.05, 0) is 39.3 Å². The lowest BCUT2D eigenvalue weighted by Gasteiger charge is -2.15. The Morgan fingerprint density at radius 1 is 1.32 bits per heavy atom. The molecule has 0 fully saturated rings. The van der Waals surface area contributed by atoms with E-state index in [0.717, 1.165) is 30.9 Å². The highest BCUT2D eigenvalue weighted by Gasteiger charge is 2.11. The van der Waals surface area contributed by atoms with Gasteiger partial charge in [-0.3, -0.25) is 0 Å². The first-order valence-corrected chi connectivity index (χ1v) is 6.97. The number of hydrogen-bond acceptors (Lipinski definition) is 3. The molecular weight excluding hydrogens is 238 g/mol. The van der Waals surface area contributed by atoms with Crippen LogP contribution >= 0.6 is 0 Å². The van der Waals surface area contributed by atoms with Gasteiger partial charge in [0.05, 0.1) is 23.7 Å². The predicted octanol–water partition coefficient (Wildman–Crippen LogP) is 2.31. The number of nitrogens with zero attached hydrogens (tertiary/aromatic N) is 2. The van der Waals surface area contributed by atoms with E-state index in [9.17, 15) is 5.11 Å². The van der Waals surface area contributed by atoms with Crippen LogP contribution in [0.5, 0.6) is 0 Å². The number of benzene rings is 1. The maximum atomic E-state index is 9.37. The molecule has 1 heterocycles. The zero-order valence-electron chi connectivity index (χ0n) is 11.9. The second-order valence-electron chi connectivity index (χ2n) is 5.13. The van der Waals surface area contributed by atoms with Crippen LogP contribution in [0.1, 0.15) is 33.0 Å². The number of aliphatic hydroxyl groups excluding tert-OH is 1. The molecule has 104 valence electrons. The molecule has 2 unspecified atom stereocenters. The van der Waals surface area contributed by atoms with E-state index < -0.39 is 0 Å². The van der Waals surface area contributed by atoms with Gasteiger partial charge in [-0.15, -0.1) is 0 Å². The van der Waals surface area contributed by atoms with E-state index in [1.54, 1.807) is 0 Å². The molecule has 0 amide bonds. The number of aryl methyl sites for hydroxylation is 1. The standard InChI is InChI=1S/C15H23N3O/c1-4-18-14-8-6-5-7-13(14)17-15(18)10-16-11(2)9-12(3)19/h5-8,11-12,16,19H,4,9-10H2,1-3H3. The maximum absolute atomic E-state index is 9.37. The monoisotopic (exact) mass is 261 g/mol. The minimum atomic E-state index is -0.271. The largest absolute Gasteiger partial charge is 0.393 e. The van der Waals surface area contributed by atoms with Crippen molar-refractivity contribution in [1.82, 2.24) is 14.9 Å². The molecule has 0 bridgehead atoms. The number of imidazole rings is 1. The van der Waals surface area contributed by atoms with Crippen molar-refractivity contribution < 1.29 is 5.11 Å². The van der Waals surface area contributed by atoms with Crippen LogP contribution in [0.3, 0.4) is 0 Å². The highest BCUT2D eigenvalue weighted by Crippen LogP contribution is 2.15. The number of aromatic nitrogens is 2. The third-order valence-corrected chi connectivity index (χ3v) is 3.35. The zero-order chi connectivity index (χ0) is 13.8. The number of nitrogens with one attached hydrogen (secondary N) is 1. The third-order valence-electron chi connectivity index (χ3n) is 3.35. The van der Waals surface area contributed by atoms with Crippen molar-refractivity contribution in [3.05, 3.63) is 30.1 Å². The van der Waals surface area contributed by atoms with Gasteiger partial charge < -0.3 is 15.0 Å². The van der Waals surface area contributed by atoms with Crippen molar-refractivity contribution in [3.8, 4) is 0 Å². The normalized spacial score (nSPS) is 14.7. The van der Waals surface area contributed by atoms with E-state index in [0.29, 0.717) is 0 Å². The minimum Gasteiger partial charge on any atom is -0.393 e. The van der Waals surface area contributed by atoms with Crippen LogP contribution in [0.4, 0.5) is 0 Å². The molecule has 4 heteroatoms. The first kappa shape index (κ1) is 14.0. The Hall–Kier alpha value is -1.39. The Labute approximate surface area is 114 Å². The average molecular weight is 261 g/mol. The number of aliphatic hydroxyl groups is 1. The molecule has 0 aliphatic rings. The second-order valence-corrected chi connectivity index (χ2v) is 5.13. The quantitative estimate of drug-likeness (QED) is 0.839. The number of fused-ring (bicyclic) bond motifs is 1. The fourth-order valence-corrected chi connectivity index (χ4v) is 2.47. The van der Waals surface area contributed by atoms with Gasteiger partial charge in [0.1, 0.15) is 5.82 Å². The van der Waals surface area contributed by atoms with Crippen molar-refractivity contribution in [3.63, 3.8) is 0 Å². The van der Waals surface area contributed by atoms with Crippen LogP contribution in [0.15, 0.2) is 24.3 Å². The second kappa shape index (κ2) is 6.17. The van der Waals surface area contributed by atoms with Crippen molar-refractivity contribution in [2.75, 3.05) is 0 Å². The highest BCUT2D eigenvalue weighted by atomic mass is 16.3. The van der Waals surface area contributed by atoms with Crippen LogP contribution in [0.2, 0.25) is 0 Å². The first-order chi connectivity index (χ1) is 9.11. The molecule has 19 heavy (non-hydrogen) atoms. The highest BCUT2D eigenvalue weighted by molar-refractivity contribution is 5.75. The SMILES string of the molecule is CCn1c(CNC(C)CC(C)O)nc2ccccc21. The van der Waals surface area contributed by atoms with Crippen LogP contribution < -0.4 is 5.32 Å². The molecule has 4 nitrogen and oxygen atoms in total. The van der Waals surface area contributed by atoms with E-state index in [1.165, 1.54) is 5.52 Å². The van der Waals surface area contributed by atoms with Crippen molar-refractivity contribution in [2.24, 2.45) is 0 Å². The summed E-state index contributed by atoms with van der Waals surface area (Å²) in [5.41, 5.74) is 2.23. The fraction of sp³-hybridized carbons (Fsp3) is 0.533. The van der Waals surface area contributed by atoms with Gasteiger partial charge in [0.25, 0.3) is 0 Å². The number of rotatable bonds is 6. The van der Waals surface area contributed by atoms with Crippen LogP contribution in [-0.4, -0.2) is 26.8 Å². The van der Waals surface area contributed by atoms with Gasteiger partial charge in [0.2, 0.25) is 0 Å². The summed E-state index contributed by atoms with van der Waals surface area (Å²) in [7, 11) is 0. The first-order valence-electron chi connectivity index (χ1n) is 6.97. The van der Waals surface area contributed by atoms with Crippen LogP contribution in [0, 0.1) is 0 Å². The molecule has 0 aliphatic carbocycles. The number of hydrogen-bond donors (Lipinski definition) is 2. The van der Waals surface area contributed by atoms with Crippen molar-refractivity contribution >= 4 is 11.0 Å². The fourth-order valence-electron chi connectivity index (χ4n) is 2.47. The van der Waals surface area contributed by atoms with Crippen molar-refractivity contribution in [2.45, 2.75) is 52.4 Å². The molecule has 0 spiro atoms. The van der Waals surface area contributed by atoms with E-state index >= 15 is 0 Å². The number of para-hydroxylation sites is 2. The Kier molecular flexibility index (Phi) is 4.56. The predicted molar refractivity (Wildman–Crippen MR) is 78.0 cm³/mol. The lowest BCUT2D eigenvalue weighted by Crippen LogP contribution is -2.29. The van der Waals surface area contributed by atoms with Crippen molar-refractivity contribution in [1.29, 1.82) is 0 Å². The molecular formula is C15H23N3O. The van der Waals surface area contributed by atoms with Gasteiger partial charge in [-0.1, -0.05) is 12.1 Å². The summed E-state index contributed by atoms with van der Waals surface area (Å²) in [5, 5.41) is 12.8. The Morgan fingerprint density at radius 2 is 2.05 bits per heavy atom. The molecule has 2 aromatic rings. The third kappa shape index (κ3) is 3.33. The Balaban J connectivity index is 2.12. The maximum Gasteiger partial charge on any atom is 0.123 e. The minimum absolute atomic E-state index is 0.271. The summed E-state index contributed by atoms with van der Waals surface area (Å²) in [6, 6.07) is 8.50. The molecule has 2 N–H and O–H groups in total. The summed E-state index contributed by atoms with van der Waals surface area (Å²) >= 11 is 0. The molecule has 2 rings (SSSR count).